The fourth-order valence-corrected chi connectivity index (χ4v) is 3.39. The molecule has 2 heterocycles. The van der Waals surface area contributed by atoms with Crippen molar-refractivity contribution in [3.63, 3.8) is 0 Å². The summed E-state index contributed by atoms with van der Waals surface area (Å²) >= 11 is 1.56. The van der Waals surface area contributed by atoms with Gasteiger partial charge in [0.2, 0.25) is 0 Å². The van der Waals surface area contributed by atoms with Gasteiger partial charge in [-0.3, -0.25) is 0 Å². The highest BCUT2D eigenvalue weighted by Crippen LogP contribution is 2.25. The summed E-state index contributed by atoms with van der Waals surface area (Å²) in [6.07, 6.45) is 3.13. The number of aryl methyl sites for hydroxylation is 1. The monoisotopic (exact) mass is 361 g/mol. The van der Waals surface area contributed by atoms with Crippen LogP contribution in [-0.2, 0) is 17.7 Å². The molecule has 0 radical (unpaired) electrons. The molecule has 0 saturated carbocycles. The van der Waals surface area contributed by atoms with Crippen LogP contribution in [0.15, 0.2) is 29.6 Å². The van der Waals surface area contributed by atoms with Crippen LogP contribution in [0.3, 0.4) is 0 Å². The molecule has 0 aliphatic carbocycles. The number of carbonyl (C=O) groups is 1. The summed E-state index contributed by atoms with van der Waals surface area (Å²) in [5.74, 6) is 0.649. The van der Waals surface area contributed by atoms with E-state index in [1.54, 1.807) is 11.3 Å². The summed E-state index contributed by atoms with van der Waals surface area (Å²) in [5.41, 5.74) is 1.70. The van der Waals surface area contributed by atoms with Crippen LogP contribution in [-0.4, -0.2) is 30.3 Å². The zero-order chi connectivity index (χ0) is 17.5. The van der Waals surface area contributed by atoms with Crippen LogP contribution < -0.4 is 15.4 Å². The molecule has 1 aliphatic heterocycles. The van der Waals surface area contributed by atoms with E-state index in [9.17, 15) is 4.79 Å². The van der Waals surface area contributed by atoms with Crippen molar-refractivity contribution in [2.75, 3.05) is 18.5 Å². The minimum atomic E-state index is -0.276. The van der Waals surface area contributed by atoms with E-state index < -0.39 is 0 Å². The highest BCUT2D eigenvalue weighted by Gasteiger charge is 2.17. The van der Waals surface area contributed by atoms with Gasteiger partial charge in [-0.25, -0.2) is 9.78 Å². The third-order valence-electron chi connectivity index (χ3n) is 3.95. The maximum Gasteiger partial charge on any atom is 0.319 e. The van der Waals surface area contributed by atoms with E-state index in [1.807, 2.05) is 29.6 Å². The topological polar surface area (TPSA) is 72.5 Å². The summed E-state index contributed by atoms with van der Waals surface area (Å²) < 4.78 is 11.4. The highest BCUT2D eigenvalue weighted by atomic mass is 32.1. The molecular formula is C18H23N3O3S. The summed E-state index contributed by atoms with van der Waals surface area (Å²) in [6, 6.07) is 7.14. The summed E-state index contributed by atoms with van der Waals surface area (Å²) in [4.78, 5) is 16.6. The lowest BCUT2D eigenvalue weighted by Crippen LogP contribution is -2.28. The maximum atomic E-state index is 12.1. The van der Waals surface area contributed by atoms with Gasteiger partial charge >= 0.3 is 6.03 Å². The van der Waals surface area contributed by atoms with E-state index in [0.717, 1.165) is 36.6 Å². The van der Waals surface area contributed by atoms with Crippen LogP contribution in [0.1, 0.15) is 30.5 Å². The number of thiazole rings is 1. The second-order valence-electron chi connectivity index (χ2n) is 5.84. The fourth-order valence-electron chi connectivity index (χ4n) is 2.57. The van der Waals surface area contributed by atoms with Gasteiger partial charge in [0.25, 0.3) is 0 Å². The zero-order valence-corrected chi connectivity index (χ0v) is 15.1. The van der Waals surface area contributed by atoms with Crippen molar-refractivity contribution in [2.45, 2.75) is 38.8 Å². The molecule has 1 aromatic heterocycles. The van der Waals surface area contributed by atoms with Gasteiger partial charge < -0.3 is 20.1 Å². The Hall–Kier alpha value is -2.12. The van der Waals surface area contributed by atoms with Crippen molar-refractivity contribution < 1.29 is 14.3 Å². The van der Waals surface area contributed by atoms with E-state index >= 15 is 0 Å². The third-order valence-corrected chi connectivity index (χ3v) is 4.84. The number of nitrogens with zero attached hydrogens (tertiary/aromatic N) is 1. The van der Waals surface area contributed by atoms with Crippen molar-refractivity contribution in [2.24, 2.45) is 0 Å². The molecule has 1 aromatic carbocycles. The van der Waals surface area contributed by atoms with Gasteiger partial charge in [0.05, 0.1) is 24.0 Å². The number of ether oxygens (including phenoxy) is 2. The van der Waals surface area contributed by atoms with Gasteiger partial charge in [-0.15, -0.1) is 11.3 Å². The second-order valence-corrected chi connectivity index (χ2v) is 6.78. The number of nitrogens with one attached hydrogen (secondary N) is 2. The maximum absolute atomic E-state index is 12.1. The van der Waals surface area contributed by atoms with Gasteiger partial charge in [0, 0.05) is 12.0 Å². The molecule has 134 valence electrons. The average molecular weight is 361 g/mol. The minimum absolute atomic E-state index is 0.138. The first kappa shape index (κ1) is 17.7. The number of carbonyl (C=O) groups excluding carboxylic acids is 1. The van der Waals surface area contributed by atoms with Crippen molar-refractivity contribution in [1.29, 1.82) is 0 Å². The Balaban J connectivity index is 1.51. The molecule has 2 aromatic rings. The zero-order valence-electron chi connectivity index (χ0n) is 14.3. The highest BCUT2D eigenvalue weighted by molar-refractivity contribution is 7.09. The quantitative estimate of drug-likeness (QED) is 0.790. The fraction of sp³-hybridized carbons (Fsp3) is 0.444. The molecule has 1 fully saturated rings. The first-order valence-corrected chi connectivity index (χ1v) is 9.44. The molecule has 0 spiro atoms. The van der Waals surface area contributed by atoms with Gasteiger partial charge in [-0.2, -0.15) is 0 Å². The van der Waals surface area contributed by atoms with Crippen molar-refractivity contribution in [3.05, 3.63) is 40.3 Å². The molecule has 1 unspecified atom stereocenters. The van der Waals surface area contributed by atoms with E-state index in [0.29, 0.717) is 24.6 Å². The van der Waals surface area contributed by atoms with E-state index in [-0.39, 0.29) is 12.1 Å². The van der Waals surface area contributed by atoms with Crippen molar-refractivity contribution >= 4 is 23.1 Å². The van der Waals surface area contributed by atoms with Crippen LogP contribution in [0.5, 0.6) is 5.75 Å². The first-order valence-electron chi connectivity index (χ1n) is 8.56. The Bertz CT molecular complexity index is 698. The molecule has 0 bridgehead atoms. The molecule has 2 amide bonds. The molecule has 1 atom stereocenters. The Kier molecular flexibility index (Phi) is 6.25. The number of benzene rings is 1. The SMILES string of the molecule is CCc1csc(CNC(=O)Nc2ccccc2OCC2CCCO2)n1. The number of anilines is 1. The smallest absolute Gasteiger partial charge is 0.319 e. The molecule has 1 saturated heterocycles. The van der Waals surface area contributed by atoms with E-state index in [1.165, 1.54) is 0 Å². The molecule has 3 rings (SSSR count). The van der Waals surface area contributed by atoms with Crippen LogP contribution in [0.2, 0.25) is 0 Å². The number of rotatable bonds is 7. The summed E-state index contributed by atoms with van der Waals surface area (Å²) in [5, 5.41) is 8.58. The number of aromatic nitrogens is 1. The normalized spacial score (nSPS) is 16.6. The average Bonchev–Trinajstić information content (AvgIpc) is 3.31. The first-order chi connectivity index (χ1) is 12.2. The predicted octanol–water partition coefficient (Wildman–Crippen LogP) is 3.59. The van der Waals surface area contributed by atoms with Gasteiger partial charge in [0.15, 0.2) is 0 Å². The lowest BCUT2D eigenvalue weighted by atomic mass is 10.2. The van der Waals surface area contributed by atoms with Gasteiger partial charge in [-0.05, 0) is 31.4 Å². The number of hydrogen-bond donors (Lipinski definition) is 2. The Morgan fingerprint density at radius 1 is 1.44 bits per heavy atom. The van der Waals surface area contributed by atoms with Crippen LogP contribution >= 0.6 is 11.3 Å². The lowest BCUT2D eigenvalue weighted by molar-refractivity contribution is 0.0682. The standard InChI is InChI=1S/C18H23N3O3S/c1-2-13-12-25-17(20-13)10-19-18(22)21-15-7-3-4-8-16(15)24-11-14-6-5-9-23-14/h3-4,7-8,12,14H,2,5-6,9-11H2,1H3,(H2,19,21,22). The van der Waals surface area contributed by atoms with E-state index in [2.05, 4.69) is 22.5 Å². The largest absolute Gasteiger partial charge is 0.489 e. The van der Waals surface area contributed by atoms with Crippen molar-refractivity contribution in [1.82, 2.24) is 10.3 Å². The van der Waals surface area contributed by atoms with Crippen LogP contribution in [0, 0.1) is 0 Å². The van der Waals surface area contributed by atoms with E-state index in [4.69, 9.17) is 9.47 Å². The third kappa shape index (κ3) is 5.17. The lowest BCUT2D eigenvalue weighted by Gasteiger charge is -2.15. The molecule has 1 aliphatic rings. The number of hydrogen-bond acceptors (Lipinski definition) is 5. The number of urea groups is 1. The Morgan fingerprint density at radius 2 is 2.32 bits per heavy atom. The van der Waals surface area contributed by atoms with Crippen molar-refractivity contribution in [3.8, 4) is 5.75 Å². The molecule has 6 nitrogen and oxygen atoms in total. The van der Waals surface area contributed by atoms with Crippen LogP contribution in [0.4, 0.5) is 10.5 Å². The predicted molar refractivity (Wildman–Crippen MR) is 98.3 cm³/mol. The van der Waals surface area contributed by atoms with Gasteiger partial charge in [0.1, 0.15) is 17.4 Å². The number of para-hydroxylation sites is 2. The molecule has 2 N–H and O–H groups in total. The summed E-state index contributed by atoms with van der Waals surface area (Å²) in [6.45, 7) is 3.77. The number of amides is 2. The molecular weight excluding hydrogens is 338 g/mol. The Morgan fingerprint density at radius 3 is 3.08 bits per heavy atom. The second kappa shape index (κ2) is 8.82. The molecule has 7 heteroatoms. The minimum Gasteiger partial charge on any atom is -0.489 e. The van der Waals surface area contributed by atoms with Gasteiger partial charge in [-0.1, -0.05) is 19.1 Å². The summed E-state index contributed by atoms with van der Waals surface area (Å²) in [7, 11) is 0. The Labute approximate surface area is 151 Å². The molecule has 25 heavy (non-hydrogen) atoms. The van der Waals surface area contributed by atoms with Crippen LogP contribution in [0.25, 0.3) is 0 Å².